The number of para-hydroxylation sites is 3. The Balaban J connectivity index is 1.31. The molecule has 220 valence electrons. The van der Waals surface area contributed by atoms with Crippen LogP contribution >= 0.6 is 11.8 Å². The number of anilines is 6. The summed E-state index contributed by atoms with van der Waals surface area (Å²) in [6.07, 6.45) is 0. The molecule has 0 unspecified atom stereocenters. The van der Waals surface area contributed by atoms with Gasteiger partial charge < -0.3 is 9.80 Å². The number of hydrogen-bond acceptors (Lipinski definition) is 3. The third-order valence-corrected chi connectivity index (χ3v) is 10.3. The van der Waals surface area contributed by atoms with E-state index >= 15 is 0 Å². The summed E-state index contributed by atoms with van der Waals surface area (Å²) in [5.41, 5.74) is 6.47. The lowest BCUT2D eigenvalue weighted by molar-refractivity contribution is 0.610. The molecule has 2 aliphatic heterocycles. The maximum absolute atomic E-state index is 8.87. The number of fused-ring (bicyclic) bond motifs is 2. The van der Waals surface area contributed by atoms with E-state index in [2.05, 4.69) is 79.4 Å². The van der Waals surface area contributed by atoms with Crippen LogP contribution in [0, 0.1) is 0 Å². The summed E-state index contributed by atoms with van der Waals surface area (Å²) in [4.78, 5) is 5.73. The Morgan fingerprint density at radius 1 is 0.565 bits per heavy atom. The Bertz CT molecular complexity index is 2710. The van der Waals surface area contributed by atoms with E-state index in [0.717, 1.165) is 38.5 Å². The zero-order chi connectivity index (χ0) is 39.5. The predicted octanol–water partition coefficient (Wildman–Crippen LogP) is 12.6. The fraction of sp³-hybridized carbons (Fsp3) is 0.0698. The van der Waals surface area contributed by atoms with Crippen LogP contribution < -0.4 is 9.80 Å². The van der Waals surface area contributed by atoms with Crippen LogP contribution in [0.3, 0.4) is 0 Å². The summed E-state index contributed by atoms with van der Waals surface area (Å²) in [5, 5.41) is 2.35. The van der Waals surface area contributed by atoms with E-state index in [9.17, 15) is 0 Å². The summed E-state index contributed by atoms with van der Waals surface area (Å²) in [6.45, 7) is 4.53. The third kappa shape index (κ3) is 4.05. The molecule has 7 aromatic carbocycles. The Morgan fingerprint density at radius 3 is 1.93 bits per heavy atom. The van der Waals surface area contributed by atoms with E-state index in [1.54, 1.807) is 23.9 Å². The second-order valence-corrected chi connectivity index (χ2v) is 12.9. The van der Waals surface area contributed by atoms with E-state index in [1.807, 2.05) is 24.3 Å². The second-order valence-electron chi connectivity index (χ2n) is 11.9. The summed E-state index contributed by atoms with van der Waals surface area (Å²) < 4.78 is 85.7. The van der Waals surface area contributed by atoms with Crippen molar-refractivity contribution < 1.29 is 13.7 Å². The normalized spacial score (nSPS) is 17.0. The van der Waals surface area contributed by atoms with E-state index in [0.29, 0.717) is 0 Å². The van der Waals surface area contributed by atoms with Gasteiger partial charge >= 0.3 is 0 Å². The first-order valence-corrected chi connectivity index (χ1v) is 15.9. The van der Waals surface area contributed by atoms with Crippen molar-refractivity contribution in [2.45, 2.75) is 29.1 Å². The Kier molecular flexibility index (Phi) is 4.22. The molecule has 2 aliphatic rings. The minimum Gasteiger partial charge on any atom is -0.311 e. The maximum atomic E-state index is 8.87. The SMILES string of the molecule is [2H]c1c([2H])c([2H])c(N(c2ccc(N3c4ccccc4-c4cccc5ccc6c(c45)Sc4c3cccc4C6(C)C)cc2)c2c([2H])c([2H])c([2H])c([2H])c2[2H])c([2H])c1[2H]. The highest BCUT2D eigenvalue weighted by molar-refractivity contribution is 8.00. The molecular formula is C43H32N2S. The highest BCUT2D eigenvalue weighted by Gasteiger charge is 2.38. The van der Waals surface area contributed by atoms with Crippen molar-refractivity contribution in [2.24, 2.45) is 0 Å². The molecule has 9 rings (SSSR count). The van der Waals surface area contributed by atoms with Crippen molar-refractivity contribution in [1.29, 1.82) is 0 Å². The monoisotopic (exact) mass is 618 g/mol. The molecular weight excluding hydrogens is 577 g/mol. The van der Waals surface area contributed by atoms with Crippen LogP contribution in [0.5, 0.6) is 0 Å². The first kappa shape index (κ1) is 18.7. The molecule has 0 radical (unpaired) electrons. The van der Waals surface area contributed by atoms with Gasteiger partial charge in [0.1, 0.15) is 0 Å². The highest BCUT2D eigenvalue weighted by atomic mass is 32.2. The Morgan fingerprint density at radius 2 is 1.20 bits per heavy atom. The van der Waals surface area contributed by atoms with Gasteiger partial charge in [-0.25, -0.2) is 0 Å². The molecule has 2 bridgehead atoms. The second kappa shape index (κ2) is 10.4. The van der Waals surface area contributed by atoms with Gasteiger partial charge in [-0.3, -0.25) is 0 Å². The number of benzene rings is 7. The average molecular weight is 619 g/mol. The van der Waals surface area contributed by atoms with Crippen molar-refractivity contribution in [1.82, 2.24) is 0 Å². The minimum atomic E-state index is -0.614. The van der Waals surface area contributed by atoms with Gasteiger partial charge in [-0.1, -0.05) is 123 Å². The molecule has 3 heteroatoms. The minimum absolute atomic E-state index is 0.232. The summed E-state index contributed by atoms with van der Waals surface area (Å²) in [7, 11) is 0. The van der Waals surface area contributed by atoms with Gasteiger partial charge in [-0.05, 0) is 82.6 Å². The average Bonchev–Trinajstić information content (AvgIpc) is 3.25. The molecule has 7 aromatic rings. The quantitative estimate of drug-likeness (QED) is 0.194. The van der Waals surface area contributed by atoms with Crippen molar-refractivity contribution in [2.75, 3.05) is 9.80 Å². The van der Waals surface area contributed by atoms with Gasteiger partial charge in [0.15, 0.2) is 0 Å². The van der Waals surface area contributed by atoms with Crippen LogP contribution in [-0.4, -0.2) is 0 Å². The molecule has 0 amide bonds. The summed E-state index contributed by atoms with van der Waals surface area (Å²) in [5.74, 6) is 0. The molecule has 0 saturated heterocycles. The molecule has 2 nitrogen and oxygen atoms in total. The lowest BCUT2D eigenvalue weighted by Crippen LogP contribution is -2.25. The van der Waals surface area contributed by atoms with Gasteiger partial charge in [0.2, 0.25) is 0 Å². The molecule has 0 N–H and O–H groups in total. The number of nitrogens with zero attached hydrogens (tertiary/aromatic N) is 2. The number of hydrogen-bond donors (Lipinski definition) is 0. The zero-order valence-corrected chi connectivity index (χ0v) is 25.9. The molecule has 0 aliphatic carbocycles. The standard InChI is InChI=1S/C43H32N2S/c1-43(2)36-20-12-22-39-41(36)46-42-37(43)28-23-29-13-11-19-35(40(29)42)34-18-9-10-21-38(34)45(39)33-26-24-32(25-27-33)44(30-14-5-3-6-15-30)31-16-7-4-8-17-31/h3-28H,1-2H3/i3D,4D,5D,6D,7D,8D,14D,15D,16D,17D. The molecule has 46 heavy (non-hydrogen) atoms. The first-order valence-electron chi connectivity index (χ1n) is 20.0. The fourth-order valence-electron chi connectivity index (χ4n) is 6.85. The molecule has 2 heterocycles. The van der Waals surface area contributed by atoms with Crippen LogP contribution in [0.15, 0.2) is 167 Å². The van der Waals surface area contributed by atoms with Crippen LogP contribution in [0.25, 0.3) is 21.9 Å². The van der Waals surface area contributed by atoms with E-state index in [-0.39, 0.29) is 22.5 Å². The zero-order valence-electron chi connectivity index (χ0n) is 35.0. The smallest absolute Gasteiger partial charge is 0.0645 e. The van der Waals surface area contributed by atoms with Gasteiger partial charge in [-0.15, -0.1) is 0 Å². The molecule has 0 saturated carbocycles. The largest absolute Gasteiger partial charge is 0.311 e. The maximum Gasteiger partial charge on any atom is 0.0645 e. The van der Waals surface area contributed by atoms with Gasteiger partial charge in [0.05, 0.1) is 25.1 Å². The van der Waals surface area contributed by atoms with Crippen molar-refractivity contribution in [3.05, 3.63) is 169 Å². The van der Waals surface area contributed by atoms with Crippen molar-refractivity contribution in [3.63, 3.8) is 0 Å². The first-order chi connectivity index (χ1) is 26.7. The molecule has 0 atom stereocenters. The fourth-order valence-corrected chi connectivity index (χ4v) is 8.52. The van der Waals surface area contributed by atoms with Gasteiger partial charge in [0.25, 0.3) is 0 Å². The summed E-state index contributed by atoms with van der Waals surface area (Å²) in [6, 6.07) is 26.6. The van der Waals surface area contributed by atoms with Crippen LogP contribution in [0.1, 0.15) is 38.7 Å². The van der Waals surface area contributed by atoms with Crippen LogP contribution in [0.2, 0.25) is 0 Å². The topological polar surface area (TPSA) is 6.48 Å². The predicted molar refractivity (Wildman–Crippen MR) is 195 cm³/mol. The lowest BCUT2D eigenvalue weighted by Gasteiger charge is -2.37. The van der Waals surface area contributed by atoms with Crippen molar-refractivity contribution in [3.8, 4) is 11.1 Å². The molecule has 0 spiro atoms. The highest BCUT2D eigenvalue weighted by Crippen LogP contribution is 2.58. The van der Waals surface area contributed by atoms with E-state index < -0.39 is 60.4 Å². The Hall–Kier alpha value is -5.25. The number of rotatable bonds is 4. The van der Waals surface area contributed by atoms with E-state index in [4.69, 9.17) is 13.7 Å². The Labute approximate surface area is 288 Å². The van der Waals surface area contributed by atoms with Crippen molar-refractivity contribution >= 4 is 56.7 Å². The lowest BCUT2D eigenvalue weighted by atomic mass is 9.76. The van der Waals surface area contributed by atoms with Gasteiger partial charge in [0, 0.05) is 48.9 Å². The van der Waals surface area contributed by atoms with Gasteiger partial charge in [-0.2, -0.15) is 0 Å². The van der Waals surface area contributed by atoms with E-state index in [1.165, 1.54) is 26.3 Å². The van der Waals surface area contributed by atoms with Crippen LogP contribution in [0.4, 0.5) is 34.1 Å². The summed E-state index contributed by atoms with van der Waals surface area (Å²) >= 11 is 1.77. The third-order valence-electron chi connectivity index (χ3n) is 9.01. The molecule has 0 fully saturated rings. The molecule has 0 aromatic heterocycles. The van der Waals surface area contributed by atoms with Crippen LogP contribution in [-0.2, 0) is 5.41 Å².